The van der Waals surface area contributed by atoms with Crippen molar-refractivity contribution < 1.29 is 9.15 Å². The second-order valence-electron chi connectivity index (χ2n) is 5.91. The van der Waals surface area contributed by atoms with Gasteiger partial charge < -0.3 is 14.1 Å². The maximum absolute atomic E-state index is 5.88. The standard InChI is InChI=1S/C18H19N3O2/c1-2-6-17-16(5-1)20-18(23-17)21-11-3-4-14(12-21)13-22-15-7-9-19-10-8-15/h1-2,5-10,14H,3-4,11-13H2. The lowest BCUT2D eigenvalue weighted by atomic mass is 9.99. The first-order valence-electron chi connectivity index (χ1n) is 8.02. The van der Waals surface area contributed by atoms with E-state index in [2.05, 4.69) is 14.9 Å². The second kappa shape index (κ2) is 6.28. The Morgan fingerprint density at radius 1 is 1.17 bits per heavy atom. The van der Waals surface area contributed by atoms with E-state index >= 15 is 0 Å². The molecule has 23 heavy (non-hydrogen) atoms. The van der Waals surface area contributed by atoms with Crippen LogP contribution in [0, 0.1) is 5.92 Å². The van der Waals surface area contributed by atoms with Gasteiger partial charge in [0.1, 0.15) is 11.3 Å². The van der Waals surface area contributed by atoms with Gasteiger partial charge in [0.2, 0.25) is 0 Å². The average Bonchev–Trinajstić information content (AvgIpc) is 3.05. The van der Waals surface area contributed by atoms with Crippen molar-refractivity contribution in [2.24, 2.45) is 5.92 Å². The molecule has 1 aliphatic heterocycles. The molecule has 4 rings (SSSR count). The number of hydrogen-bond acceptors (Lipinski definition) is 5. The molecule has 2 aromatic heterocycles. The van der Waals surface area contributed by atoms with E-state index in [9.17, 15) is 0 Å². The summed E-state index contributed by atoms with van der Waals surface area (Å²) in [6, 6.07) is 12.4. The minimum Gasteiger partial charge on any atom is -0.493 e. The maximum atomic E-state index is 5.88. The van der Waals surface area contributed by atoms with Gasteiger partial charge in [-0.3, -0.25) is 4.98 Å². The van der Waals surface area contributed by atoms with Crippen LogP contribution in [0.15, 0.2) is 53.2 Å². The van der Waals surface area contributed by atoms with Crippen molar-refractivity contribution in [2.45, 2.75) is 12.8 Å². The van der Waals surface area contributed by atoms with E-state index in [-0.39, 0.29) is 0 Å². The van der Waals surface area contributed by atoms with Crippen LogP contribution in [0.3, 0.4) is 0 Å². The third-order valence-electron chi connectivity index (χ3n) is 4.21. The molecule has 3 heterocycles. The van der Waals surface area contributed by atoms with E-state index in [0.29, 0.717) is 12.5 Å². The molecule has 0 amide bonds. The number of nitrogens with zero attached hydrogens (tertiary/aromatic N) is 3. The van der Waals surface area contributed by atoms with Crippen LogP contribution in [-0.2, 0) is 0 Å². The second-order valence-corrected chi connectivity index (χ2v) is 5.91. The van der Waals surface area contributed by atoms with Crippen molar-refractivity contribution in [2.75, 3.05) is 24.6 Å². The topological polar surface area (TPSA) is 51.4 Å². The van der Waals surface area contributed by atoms with Crippen LogP contribution in [0.2, 0.25) is 0 Å². The molecule has 0 radical (unpaired) electrons. The van der Waals surface area contributed by atoms with Crippen molar-refractivity contribution in [1.82, 2.24) is 9.97 Å². The van der Waals surface area contributed by atoms with Gasteiger partial charge >= 0.3 is 0 Å². The number of anilines is 1. The SMILES string of the molecule is c1ccc2oc(N3CCCC(COc4ccncc4)C3)nc2c1. The maximum Gasteiger partial charge on any atom is 0.298 e. The Morgan fingerprint density at radius 3 is 2.91 bits per heavy atom. The Bertz CT molecular complexity index is 739. The molecule has 1 aliphatic rings. The van der Waals surface area contributed by atoms with Gasteiger partial charge in [0, 0.05) is 31.4 Å². The Hall–Kier alpha value is -2.56. The van der Waals surface area contributed by atoms with Crippen LogP contribution in [-0.4, -0.2) is 29.7 Å². The molecule has 118 valence electrons. The fourth-order valence-corrected chi connectivity index (χ4v) is 3.02. The number of para-hydroxylation sites is 2. The van der Waals surface area contributed by atoms with Gasteiger partial charge in [-0.15, -0.1) is 0 Å². The van der Waals surface area contributed by atoms with Crippen LogP contribution in [0.25, 0.3) is 11.1 Å². The fourth-order valence-electron chi connectivity index (χ4n) is 3.02. The molecule has 0 saturated carbocycles. The van der Waals surface area contributed by atoms with Crippen LogP contribution in [0.4, 0.5) is 6.01 Å². The van der Waals surface area contributed by atoms with E-state index in [0.717, 1.165) is 42.4 Å². The molecular weight excluding hydrogens is 290 g/mol. The van der Waals surface area contributed by atoms with Crippen molar-refractivity contribution in [1.29, 1.82) is 0 Å². The summed E-state index contributed by atoms with van der Waals surface area (Å²) in [5.74, 6) is 1.35. The molecule has 1 atom stereocenters. The zero-order valence-corrected chi connectivity index (χ0v) is 12.9. The smallest absolute Gasteiger partial charge is 0.298 e. The van der Waals surface area contributed by atoms with Crippen molar-refractivity contribution in [3.8, 4) is 5.75 Å². The number of rotatable bonds is 4. The number of fused-ring (bicyclic) bond motifs is 1. The fraction of sp³-hybridized carbons (Fsp3) is 0.333. The lowest BCUT2D eigenvalue weighted by Gasteiger charge is -2.31. The van der Waals surface area contributed by atoms with Gasteiger partial charge in [0.05, 0.1) is 6.61 Å². The number of benzene rings is 1. The Kier molecular flexibility index (Phi) is 3.84. The quantitative estimate of drug-likeness (QED) is 0.738. The predicted molar refractivity (Wildman–Crippen MR) is 88.7 cm³/mol. The predicted octanol–water partition coefficient (Wildman–Crippen LogP) is 3.52. The van der Waals surface area contributed by atoms with E-state index in [1.165, 1.54) is 6.42 Å². The van der Waals surface area contributed by atoms with Crippen LogP contribution >= 0.6 is 0 Å². The summed E-state index contributed by atoms with van der Waals surface area (Å²) in [6.07, 6.45) is 5.80. The number of ether oxygens (including phenoxy) is 1. The number of hydrogen-bond donors (Lipinski definition) is 0. The Morgan fingerprint density at radius 2 is 2.04 bits per heavy atom. The summed E-state index contributed by atoms with van der Waals surface area (Å²) in [5.41, 5.74) is 1.76. The van der Waals surface area contributed by atoms with Crippen molar-refractivity contribution in [3.63, 3.8) is 0 Å². The summed E-state index contributed by atoms with van der Waals surface area (Å²) in [4.78, 5) is 10.8. The first-order chi connectivity index (χ1) is 11.4. The summed E-state index contributed by atoms with van der Waals surface area (Å²) in [7, 11) is 0. The lowest BCUT2D eigenvalue weighted by molar-refractivity contribution is 0.226. The minimum absolute atomic E-state index is 0.479. The summed E-state index contributed by atoms with van der Waals surface area (Å²) in [6.45, 7) is 2.61. The van der Waals surface area contributed by atoms with Gasteiger partial charge in [-0.25, -0.2) is 0 Å². The van der Waals surface area contributed by atoms with Crippen molar-refractivity contribution in [3.05, 3.63) is 48.8 Å². The monoisotopic (exact) mass is 309 g/mol. The normalized spacial score (nSPS) is 18.3. The molecule has 0 spiro atoms. The average molecular weight is 309 g/mol. The molecule has 1 aromatic carbocycles. The van der Waals surface area contributed by atoms with E-state index in [4.69, 9.17) is 9.15 Å². The third kappa shape index (κ3) is 3.13. The zero-order chi connectivity index (χ0) is 15.5. The highest BCUT2D eigenvalue weighted by Crippen LogP contribution is 2.26. The molecule has 0 aliphatic carbocycles. The Balaban J connectivity index is 1.42. The lowest BCUT2D eigenvalue weighted by Crippen LogP contribution is -2.37. The summed E-state index contributed by atoms with van der Waals surface area (Å²) < 4.78 is 11.8. The molecular formula is C18H19N3O2. The van der Waals surface area contributed by atoms with E-state index < -0.39 is 0 Å². The summed E-state index contributed by atoms with van der Waals surface area (Å²) >= 11 is 0. The Labute approximate surface area is 134 Å². The molecule has 1 fully saturated rings. The van der Waals surface area contributed by atoms with Crippen LogP contribution in [0.5, 0.6) is 5.75 Å². The molecule has 1 saturated heterocycles. The van der Waals surface area contributed by atoms with Crippen LogP contribution < -0.4 is 9.64 Å². The zero-order valence-electron chi connectivity index (χ0n) is 12.9. The van der Waals surface area contributed by atoms with Crippen molar-refractivity contribution >= 4 is 17.1 Å². The summed E-state index contributed by atoms with van der Waals surface area (Å²) in [5, 5.41) is 0. The molecule has 3 aromatic rings. The first-order valence-corrected chi connectivity index (χ1v) is 8.02. The molecule has 5 heteroatoms. The minimum atomic E-state index is 0.479. The largest absolute Gasteiger partial charge is 0.493 e. The highest BCUT2D eigenvalue weighted by atomic mass is 16.5. The van der Waals surface area contributed by atoms with E-state index in [1.807, 2.05) is 36.4 Å². The van der Waals surface area contributed by atoms with Gasteiger partial charge in [0.25, 0.3) is 6.01 Å². The number of aromatic nitrogens is 2. The molecule has 0 N–H and O–H groups in total. The number of pyridine rings is 1. The van der Waals surface area contributed by atoms with Gasteiger partial charge in [0.15, 0.2) is 5.58 Å². The molecule has 5 nitrogen and oxygen atoms in total. The highest BCUT2D eigenvalue weighted by Gasteiger charge is 2.24. The van der Waals surface area contributed by atoms with Gasteiger partial charge in [-0.05, 0) is 37.1 Å². The van der Waals surface area contributed by atoms with Crippen LogP contribution in [0.1, 0.15) is 12.8 Å². The molecule has 1 unspecified atom stereocenters. The van der Waals surface area contributed by atoms with E-state index in [1.54, 1.807) is 12.4 Å². The van der Waals surface area contributed by atoms with Gasteiger partial charge in [-0.1, -0.05) is 12.1 Å². The highest BCUT2D eigenvalue weighted by molar-refractivity contribution is 5.74. The molecule has 0 bridgehead atoms. The number of oxazole rings is 1. The first kappa shape index (κ1) is 14.1. The number of piperidine rings is 1. The van der Waals surface area contributed by atoms with Gasteiger partial charge in [-0.2, -0.15) is 4.98 Å². The third-order valence-corrected chi connectivity index (χ3v) is 4.21.